The van der Waals surface area contributed by atoms with Crippen LogP contribution in [0.25, 0.3) is 11.0 Å². The number of pyridine rings is 2. The molecule has 10 heteroatoms. The standard InChI is InChI=1S/C20H18Cl2F3N3O2/c1-9-5-14(20(23,24)25)28-17-11(9)6-10(27-17)7-12-15(21)13(8-26-16(12)22)18(29)30-19(2,3)4/h5-6,8H,7H2,1-4H3,(H,27,28). The van der Waals surface area contributed by atoms with Crippen molar-refractivity contribution in [2.45, 2.75) is 45.9 Å². The van der Waals surface area contributed by atoms with Crippen LogP contribution in [-0.2, 0) is 17.3 Å². The summed E-state index contributed by atoms with van der Waals surface area (Å²) in [5, 5.41) is 0.691. The van der Waals surface area contributed by atoms with E-state index in [4.69, 9.17) is 27.9 Å². The third-order valence-corrected chi connectivity index (χ3v) is 4.95. The summed E-state index contributed by atoms with van der Waals surface area (Å²) in [5.41, 5.74) is -0.264. The molecule has 0 aliphatic heterocycles. The fourth-order valence-electron chi connectivity index (χ4n) is 2.89. The van der Waals surface area contributed by atoms with Crippen LogP contribution in [0.3, 0.4) is 0 Å². The lowest BCUT2D eigenvalue weighted by Gasteiger charge is -2.20. The number of nitrogens with zero attached hydrogens (tertiary/aromatic N) is 2. The van der Waals surface area contributed by atoms with Gasteiger partial charge in [-0.3, -0.25) is 0 Å². The number of halogens is 5. The van der Waals surface area contributed by atoms with E-state index in [1.54, 1.807) is 33.8 Å². The van der Waals surface area contributed by atoms with Crippen molar-refractivity contribution in [2.24, 2.45) is 0 Å². The molecule has 0 aliphatic rings. The molecule has 0 bridgehead atoms. The average Bonchev–Trinajstić information content (AvgIpc) is 2.99. The Balaban J connectivity index is 2.00. The number of rotatable bonds is 3. The number of carbonyl (C=O) groups excluding carboxylic acids is 1. The number of fused-ring (bicyclic) bond motifs is 1. The van der Waals surface area contributed by atoms with Gasteiger partial charge in [-0.15, -0.1) is 0 Å². The van der Waals surface area contributed by atoms with Crippen molar-refractivity contribution in [3.8, 4) is 0 Å². The second kappa shape index (κ2) is 7.74. The van der Waals surface area contributed by atoms with E-state index in [1.807, 2.05) is 0 Å². The molecule has 3 aromatic rings. The normalized spacial score (nSPS) is 12.4. The van der Waals surface area contributed by atoms with Crippen molar-refractivity contribution >= 4 is 40.2 Å². The van der Waals surface area contributed by atoms with Crippen LogP contribution in [0.1, 0.15) is 53.6 Å². The third-order valence-electron chi connectivity index (χ3n) is 4.20. The molecule has 0 amide bonds. The molecule has 3 rings (SSSR count). The van der Waals surface area contributed by atoms with Gasteiger partial charge in [-0.05, 0) is 45.4 Å². The average molecular weight is 460 g/mol. The maximum atomic E-state index is 13.0. The molecule has 30 heavy (non-hydrogen) atoms. The zero-order valence-electron chi connectivity index (χ0n) is 16.5. The first-order valence-corrected chi connectivity index (χ1v) is 9.64. The number of aryl methyl sites for hydroxylation is 1. The van der Waals surface area contributed by atoms with E-state index in [0.717, 1.165) is 6.07 Å². The van der Waals surface area contributed by atoms with Crippen LogP contribution in [0.2, 0.25) is 10.2 Å². The number of alkyl halides is 3. The van der Waals surface area contributed by atoms with E-state index in [1.165, 1.54) is 6.20 Å². The van der Waals surface area contributed by atoms with Crippen LogP contribution in [0.4, 0.5) is 13.2 Å². The second-order valence-corrected chi connectivity index (χ2v) is 8.55. The first-order chi connectivity index (χ1) is 13.8. The minimum Gasteiger partial charge on any atom is -0.456 e. The van der Waals surface area contributed by atoms with Gasteiger partial charge in [0.15, 0.2) is 0 Å². The van der Waals surface area contributed by atoms with Crippen molar-refractivity contribution in [3.63, 3.8) is 0 Å². The Morgan fingerprint density at radius 3 is 2.47 bits per heavy atom. The van der Waals surface area contributed by atoms with Crippen LogP contribution < -0.4 is 0 Å². The van der Waals surface area contributed by atoms with Gasteiger partial charge in [0.25, 0.3) is 0 Å². The Hall–Kier alpha value is -2.32. The van der Waals surface area contributed by atoms with Crippen LogP contribution in [-0.4, -0.2) is 26.5 Å². The molecule has 1 N–H and O–H groups in total. The number of aromatic amines is 1. The van der Waals surface area contributed by atoms with Gasteiger partial charge in [0.2, 0.25) is 0 Å². The molecule has 0 spiro atoms. The van der Waals surface area contributed by atoms with Gasteiger partial charge in [0.1, 0.15) is 22.1 Å². The molecular formula is C20H18Cl2F3N3O2. The first-order valence-electron chi connectivity index (χ1n) is 8.89. The third kappa shape index (κ3) is 4.70. The van der Waals surface area contributed by atoms with Crippen LogP contribution >= 0.6 is 23.2 Å². The quantitative estimate of drug-likeness (QED) is 0.377. The minimum atomic E-state index is -4.55. The number of aromatic nitrogens is 3. The molecule has 0 atom stereocenters. The van der Waals surface area contributed by atoms with Crippen molar-refractivity contribution in [3.05, 3.63) is 56.6 Å². The Kier molecular flexibility index (Phi) is 5.77. The number of esters is 1. The topological polar surface area (TPSA) is 67.9 Å². The fourth-order valence-corrected chi connectivity index (χ4v) is 3.43. The summed E-state index contributed by atoms with van der Waals surface area (Å²) in [6.07, 6.45) is -3.21. The van der Waals surface area contributed by atoms with Crippen molar-refractivity contribution in [1.82, 2.24) is 15.0 Å². The van der Waals surface area contributed by atoms with Crippen LogP contribution in [0.5, 0.6) is 0 Å². The number of ether oxygens (including phenoxy) is 1. The summed E-state index contributed by atoms with van der Waals surface area (Å²) < 4.78 is 44.4. The van der Waals surface area contributed by atoms with E-state index in [9.17, 15) is 18.0 Å². The number of carbonyl (C=O) groups is 1. The predicted molar refractivity (Wildman–Crippen MR) is 108 cm³/mol. The molecule has 0 saturated carbocycles. The first kappa shape index (κ1) is 22.4. The lowest BCUT2D eigenvalue weighted by Crippen LogP contribution is -2.24. The van der Waals surface area contributed by atoms with Crippen molar-refractivity contribution in [1.29, 1.82) is 0 Å². The summed E-state index contributed by atoms with van der Waals surface area (Å²) in [6, 6.07) is 2.66. The summed E-state index contributed by atoms with van der Waals surface area (Å²) in [7, 11) is 0. The van der Waals surface area contributed by atoms with E-state index >= 15 is 0 Å². The van der Waals surface area contributed by atoms with Crippen LogP contribution in [0, 0.1) is 6.92 Å². The molecule has 0 fully saturated rings. The van der Waals surface area contributed by atoms with Gasteiger partial charge in [0, 0.05) is 29.3 Å². The Bertz CT molecular complexity index is 1130. The van der Waals surface area contributed by atoms with E-state index in [0.29, 0.717) is 22.2 Å². The monoisotopic (exact) mass is 459 g/mol. The molecule has 3 heterocycles. The molecule has 3 aromatic heterocycles. The van der Waals surface area contributed by atoms with Gasteiger partial charge in [-0.1, -0.05) is 23.2 Å². The molecule has 0 radical (unpaired) electrons. The summed E-state index contributed by atoms with van der Waals surface area (Å²) in [5.74, 6) is -0.651. The molecule has 0 saturated heterocycles. The molecular weight excluding hydrogens is 442 g/mol. The summed E-state index contributed by atoms with van der Waals surface area (Å²) in [6.45, 7) is 6.73. The number of hydrogen-bond donors (Lipinski definition) is 1. The van der Waals surface area contributed by atoms with E-state index < -0.39 is 23.4 Å². The predicted octanol–water partition coefficient (Wildman–Crippen LogP) is 6.14. The zero-order chi connectivity index (χ0) is 22.4. The molecule has 0 aliphatic carbocycles. The lowest BCUT2D eigenvalue weighted by molar-refractivity contribution is -0.141. The Morgan fingerprint density at radius 1 is 1.20 bits per heavy atom. The van der Waals surface area contributed by atoms with Gasteiger partial charge in [0.05, 0.1) is 10.6 Å². The van der Waals surface area contributed by atoms with Crippen molar-refractivity contribution in [2.75, 3.05) is 0 Å². The maximum absolute atomic E-state index is 13.0. The molecule has 0 unspecified atom stereocenters. The summed E-state index contributed by atoms with van der Waals surface area (Å²) >= 11 is 12.6. The highest BCUT2D eigenvalue weighted by molar-refractivity contribution is 6.37. The molecule has 160 valence electrons. The Labute approximate surface area is 180 Å². The van der Waals surface area contributed by atoms with E-state index in [2.05, 4.69) is 15.0 Å². The van der Waals surface area contributed by atoms with Gasteiger partial charge < -0.3 is 9.72 Å². The SMILES string of the molecule is Cc1cc(C(F)(F)F)nc2[nH]c(Cc3c(Cl)ncc(C(=O)OC(C)(C)C)c3Cl)cc12. The highest BCUT2D eigenvalue weighted by Gasteiger charge is 2.33. The van der Waals surface area contributed by atoms with Gasteiger partial charge in [-0.2, -0.15) is 13.2 Å². The highest BCUT2D eigenvalue weighted by atomic mass is 35.5. The smallest absolute Gasteiger partial charge is 0.433 e. The van der Waals surface area contributed by atoms with E-state index in [-0.39, 0.29) is 27.8 Å². The molecule has 0 aromatic carbocycles. The summed E-state index contributed by atoms with van der Waals surface area (Å²) in [4.78, 5) is 22.9. The largest absolute Gasteiger partial charge is 0.456 e. The maximum Gasteiger partial charge on any atom is 0.433 e. The second-order valence-electron chi connectivity index (χ2n) is 7.81. The van der Waals surface area contributed by atoms with Crippen molar-refractivity contribution < 1.29 is 22.7 Å². The fraction of sp³-hybridized carbons (Fsp3) is 0.350. The van der Waals surface area contributed by atoms with Crippen LogP contribution in [0.15, 0.2) is 18.3 Å². The number of nitrogens with one attached hydrogen (secondary N) is 1. The molecule has 5 nitrogen and oxygen atoms in total. The number of hydrogen-bond acceptors (Lipinski definition) is 4. The number of H-pyrrole nitrogens is 1. The highest BCUT2D eigenvalue weighted by Crippen LogP contribution is 2.33. The minimum absolute atomic E-state index is 0.0516. The van der Waals surface area contributed by atoms with Gasteiger partial charge >= 0.3 is 12.1 Å². The Morgan fingerprint density at radius 2 is 1.87 bits per heavy atom. The van der Waals surface area contributed by atoms with Gasteiger partial charge in [-0.25, -0.2) is 14.8 Å². The zero-order valence-corrected chi connectivity index (χ0v) is 18.1. The lowest BCUT2D eigenvalue weighted by atomic mass is 10.1.